The number of hydrogen-bond acceptors (Lipinski definition) is 9. The first-order valence-corrected chi connectivity index (χ1v) is 17.0. The number of guanidine groups is 1. The van der Waals surface area contributed by atoms with E-state index in [1.807, 2.05) is 13.0 Å². The van der Waals surface area contributed by atoms with Crippen LogP contribution in [-0.2, 0) is 40.5 Å². The molecule has 0 radical (unpaired) electrons. The van der Waals surface area contributed by atoms with Crippen LogP contribution >= 0.6 is 0 Å². The van der Waals surface area contributed by atoms with Crippen molar-refractivity contribution in [3.8, 4) is 0 Å². The Morgan fingerprint density at radius 1 is 1.00 bits per heavy atom. The number of carbonyl (C=O) groups excluding carboxylic acids is 4. The van der Waals surface area contributed by atoms with E-state index in [1.165, 1.54) is 24.1 Å². The van der Waals surface area contributed by atoms with Crippen molar-refractivity contribution in [1.82, 2.24) is 20.3 Å². The third kappa shape index (κ3) is 13.6. The summed E-state index contributed by atoms with van der Waals surface area (Å²) in [5, 5.41) is 5.11. The first-order chi connectivity index (χ1) is 22.4. The Hall–Kier alpha value is -4.66. The molecule has 0 saturated carbocycles. The number of benzene rings is 2. The van der Waals surface area contributed by atoms with Crippen LogP contribution in [0.15, 0.2) is 64.5 Å². The van der Waals surface area contributed by atoms with Crippen LogP contribution < -0.4 is 21.1 Å². The van der Waals surface area contributed by atoms with Gasteiger partial charge in [0.1, 0.15) is 30.8 Å². The molecule has 0 heterocycles. The summed E-state index contributed by atoms with van der Waals surface area (Å²) in [6.45, 7) is 9.97. The van der Waals surface area contributed by atoms with Gasteiger partial charge in [0.15, 0.2) is 0 Å². The van der Waals surface area contributed by atoms with Gasteiger partial charge in [-0.15, -0.1) is 0 Å². The Labute approximate surface area is 282 Å². The molecular formula is C33H48N6O8S. The highest BCUT2D eigenvalue weighted by Gasteiger charge is 2.34. The molecule has 0 saturated heterocycles. The minimum absolute atomic E-state index is 0.0109. The molecule has 2 aromatic rings. The van der Waals surface area contributed by atoms with E-state index in [2.05, 4.69) is 20.3 Å². The monoisotopic (exact) mass is 688 g/mol. The van der Waals surface area contributed by atoms with Crippen molar-refractivity contribution >= 4 is 39.9 Å². The number of aliphatic imine (C=N–C) groups is 1. The Morgan fingerprint density at radius 3 is 2.21 bits per heavy atom. The zero-order chi connectivity index (χ0) is 36.1. The molecule has 0 fully saturated rings. The number of sulfonamides is 1. The Balaban J connectivity index is 2.14. The summed E-state index contributed by atoms with van der Waals surface area (Å²) in [7, 11) is -2.54. The van der Waals surface area contributed by atoms with Crippen molar-refractivity contribution < 1.29 is 37.1 Å². The molecule has 0 bridgehead atoms. The Bertz CT molecular complexity index is 1520. The van der Waals surface area contributed by atoms with Crippen LogP contribution in [0.2, 0.25) is 0 Å². The Kier molecular flexibility index (Phi) is 14.8. The number of rotatable bonds is 15. The average Bonchev–Trinajstić information content (AvgIpc) is 3.00. The number of nitrogens with zero attached hydrogens (tertiary/aromatic N) is 2. The van der Waals surface area contributed by atoms with E-state index in [9.17, 15) is 27.6 Å². The van der Waals surface area contributed by atoms with Crippen molar-refractivity contribution in [3.05, 3.63) is 65.7 Å². The second-order valence-corrected chi connectivity index (χ2v) is 14.2. The van der Waals surface area contributed by atoms with Crippen molar-refractivity contribution in [2.45, 2.75) is 83.6 Å². The molecule has 2 rings (SSSR count). The van der Waals surface area contributed by atoms with E-state index in [0.717, 1.165) is 11.1 Å². The van der Waals surface area contributed by atoms with Crippen LogP contribution in [0.1, 0.15) is 58.6 Å². The van der Waals surface area contributed by atoms with Gasteiger partial charge in [0, 0.05) is 13.6 Å². The maximum absolute atomic E-state index is 13.6. The van der Waals surface area contributed by atoms with Gasteiger partial charge in [-0.05, 0) is 64.2 Å². The molecular weight excluding hydrogens is 640 g/mol. The van der Waals surface area contributed by atoms with E-state index in [-0.39, 0.29) is 42.8 Å². The summed E-state index contributed by atoms with van der Waals surface area (Å²) in [5.74, 6) is -2.58. The maximum Gasteiger partial charge on any atom is 0.408 e. The summed E-state index contributed by atoms with van der Waals surface area (Å²) in [4.78, 5) is 57.2. The highest BCUT2D eigenvalue weighted by atomic mass is 32.2. The van der Waals surface area contributed by atoms with E-state index in [0.29, 0.717) is 0 Å². The van der Waals surface area contributed by atoms with Gasteiger partial charge >= 0.3 is 12.1 Å². The van der Waals surface area contributed by atoms with E-state index in [4.69, 9.17) is 15.2 Å². The number of hydrogen-bond donors (Lipinski definition) is 4. The molecule has 264 valence electrons. The third-order valence-electron chi connectivity index (χ3n) is 6.86. The summed E-state index contributed by atoms with van der Waals surface area (Å²) >= 11 is 0. The van der Waals surface area contributed by atoms with Crippen LogP contribution in [0, 0.1) is 12.8 Å². The topological polar surface area (TPSA) is 199 Å². The van der Waals surface area contributed by atoms with Gasteiger partial charge in [0.25, 0.3) is 10.0 Å². The quantitative estimate of drug-likeness (QED) is 0.0940. The zero-order valence-corrected chi connectivity index (χ0v) is 29.4. The predicted octanol–water partition coefficient (Wildman–Crippen LogP) is 2.60. The molecule has 0 unspecified atom stereocenters. The normalized spacial score (nSPS) is 13.2. The molecule has 0 aliphatic carbocycles. The standard InChI is InChI=1S/C33H48N6O8S/c1-22(2)28(37-32(43)47-33(4,5)6)30(42)39(7)26(29(41)36-20-27(40)46-21-24-12-9-8-10-13-24)14-11-19-35-31(34)38-48(44,45)25-17-15-23(3)16-18-25/h8-10,12-13,15-18,22,26,28H,11,14,19-21H2,1-7H3,(H,36,41)(H,37,43)(H3,34,35,38)/t26-,28+/m0/s1. The van der Waals surface area contributed by atoms with Crippen LogP contribution in [0.3, 0.4) is 0 Å². The number of alkyl carbamates (subject to hydrolysis) is 1. The number of aryl methyl sites for hydroxylation is 1. The second-order valence-electron chi connectivity index (χ2n) is 12.5. The number of nitrogens with one attached hydrogen (secondary N) is 3. The fourth-order valence-corrected chi connectivity index (χ4v) is 5.27. The molecule has 15 heteroatoms. The van der Waals surface area contributed by atoms with Crippen LogP contribution in [0.4, 0.5) is 4.79 Å². The first kappa shape index (κ1) is 39.5. The molecule has 0 spiro atoms. The highest BCUT2D eigenvalue weighted by Crippen LogP contribution is 2.15. The van der Waals surface area contributed by atoms with Crippen LogP contribution in [0.5, 0.6) is 0 Å². The summed E-state index contributed by atoms with van der Waals surface area (Å²) in [6.07, 6.45) is -0.526. The van der Waals surface area contributed by atoms with Crippen molar-refractivity contribution in [1.29, 1.82) is 0 Å². The van der Waals surface area contributed by atoms with Gasteiger partial charge in [-0.25, -0.2) is 17.9 Å². The highest BCUT2D eigenvalue weighted by molar-refractivity contribution is 7.90. The van der Waals surface area contributed by atoms with Crippen LogP contribution in [-0.4, -0.2) is 81.0 Å². The summed E-state index contributed by atoms with van der Waals surface area (Å²) in [5.41, 5.74) is 6.71. The van der Waals surface area contributed by atoms with Gasteiger partial charge < -0.3 is 30.7 Å². The maximum atomic E-state index is 13.6. The minimum atomic E-state index is -3.96. The average molecular weight is 689 g/mol. The summed E-state index contributed by atoms with van der Waals surface area (Å²) in [6, 6.07) is 13.1. The van der Waals surface area contributed by atoms with Gasteiger partial charge in [0.05, 0.1) is 4.90 Å². The number of ether oxygens (including phenoxy) is 2. The number of likely N-dealkylation sites (N-methyl/N-ethyl adjacent to an activating group) is 1. The number of amides is 3. The minimum Gasteiger partial charge on any atom is -0.460 e. The predicted molar refractivity (Wildman–Crippen MR) is 181 cm³/mol. The fraction of sp³-hybridized carbons (Fsp3) is 0.485. The number of carbonyl (C=O) groups is 4. The third-order valence-corrected chi connectivity index (χ3v) is 8.23. The van der Waals surface area contributed by atoms with Gasteiger partial charge in [-0.1, -0.05) is 61.9 Å². The lowest BCUT2D eigenvalue weighted by atomic mass is 10.0. The van der Waals surface area contributed by atoms with Gasteiger partial charge in [0.2, 0.25) is 17.8 Å². The molecule has 0 aliphatic rings. The Morgan fingerprint density at radius 2 is 1.62 bits per heavy atom. The van der Waals surface area contributed by atoms with Crippen LogP contribution in [0.25, 0.3) is 0 Å². The SMILES string of the molecule is Cc1ccc(S(=O)(=O)NC(N)=NCCC[C@@H](C(=O)NCC(=O)OCc2ccccc2)N(C)C(=O)[C@H](NC(=O)OC(C)(C)C)C(C)C)cc1. The molecule has 0 aliphatic heterocycles. The number of nitrogens with two attached hydrogens (primary N) is 1. The molecule has 2 aromatic carbocycles. The smallest absolute Gasteiger partial charge is 0.408 e. The van der Waals surface area contributed by atoms with Gasteiger partial charge in [-0.3, -0.25) is 19.4 Å². The molecule has 48 heavy (non-hydrogen) atoms. The molecule has 0 aromatic heterocycles. The summed E-state index contributed by atoms with van der Waals surface area (Å²) < 4.78 is 38.0. The first-order valence-electron chi connectivity index (χ1n) is 15.5. The van der Waals surface area contributed by atoms with Crippen molar-refractivity contribution in [3.63, 3.8) is 0 Å². The molecule has 14 nitrogen and oxygen atoms in total. The van der Waals surface area contributed by atoms with E-state index >= 15 is 0 Å². The number of esters is 1. The van der Waals surface area contributed by atoms with Gasteiger partial charge in [-0.2, -0.15) is 0 Å². The molecule has 2 atom stereocenters. The van der Waals surface area contributed by atoms with Crippen molar-refractivity contribution in [2.75, 3.05) is 20.1 Å². The zero-order valence-electron chi connectivity index (χ0n) is 28.6. The molecule has 5 N–H and O–H groups in total. The lowest BCUT2D eigenvalue weighted by Gasteiger charge is -2.32. The molecule has 3 amide bonds. The van der Waals surface area contributed by atoms with E-state index < -0.39 is 58.1 Å². The fourth-order valence-electron chi connectivity index (χ4n) is 4.32. The van der Waals surface area contributed by atoms with Crippen molar-refractivity contribution in [2.24, 2.45) is 16.6 Å². The lowest BCUT2D eigenvalue weighted by molar-refractivity contribution is -0.146. The van der Waals surface area contributed by atoms with E-state index in [1.54, 1.807) is 71.0 Å². The second kappa shape index (κ2) is 18.0. The lowest BCUT2D eigenvalue weighted by Crippen LogP contribution is -2.56. The largest absolute Gasteiger partial charge is 0.460 e.